The monoisotopic (exact) mass is 1180 g/mol. The van der Waals surface area contributed by atoms with Crippen LogP contribution in [0.5, 0.6) is 0 Å². The van der Waals surface area contributed by atoms with Gasteiger partial charge in [-0.15, -0.1) is 0 Å². The van der Waals surface area contributed by atoms with E-state index in [4.69, 9.17) is 0 Å². The second kappa shape index (κ2) is 40.5. The fourth-order valence-electron chi connectivity index (χ4n) is 10.2. The third-order valence-electron chi connectivity index (χ3n) is 14.2. The van der Waals surface area contributed by atoms with E-state index in [2.05, 4.69) is 165 Å². The zero-order valence-electron chi connectivity index (χ0n) is 40.8. The number of benzene rings is 2. The summed E-state index contributed by atoms with van der Waals surface area (Å²) in [6.45, 7) is 2.27. The van der Waals surface area contributed by atoms with E-state index in [-0.39, 0.29) is 92.8 Å². The second-order valence-corrected chi connectivity index (χ2v) is 19.1. The van der Waals surface area contributed by atoms with E-state index in [9.17, 15) is 0 Å². The molecule has 2 aromatic carbocycles. The van der Waals surface area contributed by atoms with Crippen molar-refractivity contribution < 1.29 is 88.8 Å². The van der Waals surface area contributed by atoms with Crippen LogP contribution in [-0.4, -0.2) is 0 Å². The molecule has 8 heteroatoms. The molecule has 6 aromatic rings. The predicted molar refractivity (Wildman–Crippen MR) is 285 cm³/mol. The molecule has 0 spiro atoms. The van der Waals surface area contributed by atoms with Crippen LogP contribution < -0.4 is 54.7 Å². The Kier molecular flexibility index (Phi) is 38.8. The van der Waals surface area contributed by atoms with Crippen molar-refractivity contribution in [1.29, 1.82) is 0 Å². The minimum absolute atomic E-state index is 0. The van der Waals surface area contributed by atoms with E-state index < -0.39 is 0 Å². The smallest absolute Gasteiger partial charge is 0.210 e. The number of halogens is 2. The Morgan fingerprint density at radius 2 is 0.577 bits per heavy atom. The Bertz CT molecular complexity index is 1950. The number of aromatic nitrogens is 4. The van der Waals surface area contributed by atoms with E-state index >= 15 is 0 Å². The summed E-state index contributed by atoms with van der Waals surface area (Å²) in [5, 5.41) is 0. The van der Waals surface area contributed by atoms with Crippen LogP contribution in [0.2, 0.25) is 0 Å². The number of para-hydroxylation sites is 2. The normalized spacial score (nSPS) is 14.4. The zero-order chi connectivity index (χ0) is 43.7. The van der Waals surface area contributed by atoms with Crippen molar-refractivity contribution >= 4 is 0 Å². The number of unbranched alkanes of at least 4 members (excludes halogenated alkanes) is 2. The summed E-state index contributed by atoms with van der Waals surface area (Å²) in [4.78, 5) is 0. The van der Waals surface area contributed by atoms with Crippen LogP contribution in [0.3, 0.4) is 0 Å². The Morgan fingerprint density at radius 1 is 0.324 bits per heavy atom. The molecule has 71 heavy (non-hydrogen) atoms. The van der Waals surface area contributed by atoms with Gasteiger partial charge in [-0.1, -0.05) is 187 Å². The SMILES string of the molecule is C.C.C.C1CCCC1.C1CCCC1.[Cl-].[Fe].[Fe].[I-].c1ccc(-[n+]2ccc(-c3cc[n+](CCCCC4CCCC4)cc3)cc2)cc1.c1ccc(-[n+]2ccc(-c3cc[n+](CCCCC4CCCC4)cc3)cc2)cc1. The van der Waals surface area contributed by atoms with Crippen LogP contribution in [0, 0.1) is 11.8 Å². The molecule has 4 aliphatic carbocycles. The van der Waals surface area contributed by atoms with Crippen molar-refractivity contribution in [3.05, 3.63) is 159 Å². The van der Waals surface area contributed by atoms with Crippen molar-refractivity contribution in [2.45, 2.75) is 189 Å². The van der Waals surface area contributed by atoms with Crippen molar-refractivity contribution in [2.24, 2.45) is 11.8 Å². The molecule has 0 atom stereocenters. The minimum atomic E-state index is 0. The quantitative estimate of drug-likeness (QED) is 0.0447. The molecule has 4 heterocycles. The fourth-order valence-corrected chi connectivity index (χ4v) is 10.2. The molecule has 4 aromatic heterocycles. The maximum atomic E-state index is 2.32. The summed E-state index contributed by atoms with van der Waals surface area (Å²) in [6, 6.07) is 38.6. The van der Waals surface area contributed by atoms with Gasteiger partial charge in [0.2, 0.25) is 11.4 Å². The molecule has 0 unspecified atom stereocenters. The van der Waals surface area contributed by atoms with Crippen LogP contribution in [0.1, 0.15) is 176 Å². The second-order valence-electron chi connectivity index (χ2n) is 19.1. The van der Waals surface area contributed by atoms with Crippen molar-refractivity contribution in [1.82, 2.24) is 0 Å². The number of hydrogen-bond donors (Lipinski definition) is 0. The van der Waals surface area contributed by atoms with Gasteiger partial charge in [0.15, 0.2) is 49.6 Å². The van der Waals surface area contributed by atoms with E-state index in [0.717, 1.165) is 24.9 Å². The van der Waals surface area contributed by atoms with E-state index in [1.165, 1.54) is 188 Å². The molecule has 10 rings (SSSR count). The molecule has 4 nitrogen and oxygen atoms in total. The molecule has 392 valence electrons. The number of aryl methyl sites for hydroxylation is 2. The Hall–Kier alpha value is -2.90. The van der Waals surface area contributed by atoms with Crippen LogP contribution >= 0.6 is 0 Å². The Balaban J connectivity index is 0.00000106. The molecule has 0 radical (unpaired) electrons. The molecule has 0 aliphatic heterocycles. The molecular formula is C63H92ClFe2IN4+2. The molecule has 0 amide bonds. The van der Waals surface area contributed by atoms with Crippen molar-refractivity contribution in [2.75, 3.05) is 0 Å². The number of hydrogen-bond acceptors (Lipinski definition) is 0. The third kappa shape index (κ3) is 24.8. The van der Waals surface area contributed by atoms with Gasteiger partial charge in [0.05, 0.1) is 0 Å². The first kappa shape index (κ1) is 68.1. The van der Waals surface area contributed by atoms with Crippen LogP contribution in [0.15, 0.2) is 159 Å². The zero-order valence-corrected chi connectivity index (χ0v) is 45.9. The molecule has 4 aliphatic rings. The maximum absolute atomic E-state index is 2.32. The maximum Gasteiger partial charge on any atom is 0.210 e. The molecule has 4 saturated carbocycles. The first-order valence-electron chi connectivity index (χ1n) is 25.9. The topological polar surface area (TPSA) is 15.5 Å². The number of pyridine rings is 4. The van der Waals surface area contributed by atoms with E-state index in [1.54, 1.807) is 0 Å². The van der Waals surface area contributed by atoms with Gasteiger partial charge in [-0.05, 0) is 46.9 Å². The van der Waals surface area contributed by atoms with Crippen LogP contribution in [-0.2, 0) is 47.2 Å². The fraction of sp³-hybridized carbons (Fsp3) is 0.492. The van der Waals surface area contributed by atoms with Crippen LogP contribution in [0.4, 0.5) is 0 Å². The Labute approximate surface area is 478 Å². The number of rotatable bonds is 14. The largest absolute Gasteiger partial charge is 1.00 e. The number of nitrogens with zero attached hydrogens (tertiary/aromatic N) is 4. The predicted octanol–water partition coefficient (Wildman–Crippen LogP) is 10.4. The van der Waals surface area contributed by atoms with Gasteiger partial charge in [0, 0.05) is 120 Å². The summed E-state index contributed by atoms with van der Waals surface area (Å²) in [6.07, 6.45) is 52.4. The molecule has 0 bridgehead atoms. The minimum Gasteiger partial charge on any atom is -1.00 e. The van der Waals surface area contributed by atoms with Gasteiger partial charge in [0.1, 0.15) is 13.1 Å². The summed E-state index contributed by atoms with van der Waals surface area (Å²) < 4.78 is 8.95. The van der Waals surface area contributed by atoms with E-state index in [1.807, 2.05) is 12.1 Å². The van der Waals surface area contributed by atoms with Gasteiger partial charge in [0.25, 0.3) is 0 Å². The van der Waals surface area contributed by atoms with Gasteiger partial charge in [-0.3, -0.25) is 0 Å². The molecule has 0 saturated heterocycles. The van der Waals surface area contributed by atoms with E-state index in [0.29, 0.717) is 0 Å². The Morgan fingerprint density at radius 3 is 0.845 bits per heavy atom. The standard InChI is InChI=1S/2C25H30N2.2C5H10.3CH4.ClH.2Fe.HI/c2*1-2-11-25(12-3-1)27-20-15-24(16-21-27)23-13-18-26(19-14-23)17-7-6-10-22-8-4-5-9-22;2*1-2-4-5-3-1;;;;;;;/h2*1-3,11-16,18-22H,4-10,17H2;2*1-5H2;3*1H4;1H;;;1H/q2*+2;;;;;;;;;/p-2. The summed E-state index contributed by atoms with van der Waals surface area (Å²) in [5.41, 5.74) is 7.45. The van der Waals surface area contributed by atoms with Gasteiger partial charge >= 0.3 is 0 Å². The average Bonchev–Trinajstić information content (AvgIpc) is 4.25. The van der Waals surface area contributed by atoms with Crippen molar-refractivity contribution in [3.8, 4) is 33.6 Å². The summed E-state index contributed by atoms with van der Waals surface area (Å²) in [7, 11) is 0. The average molecular weight is 1180 g/mol. The first-order chi connectivity index (χ1) is 31.8. The molecular weight excluding hydrogens is 1090 g/mol. The van der Waals surface area contributed by atoms with Crippen LogP contribution in [0.25, 0.3) is 33.6 Å². The van der Waals surface area contributed by atoms with Crippen molar-refractivity contribution in [3.63, 3.8) is 0 Å². The first-order valence-corrected chi connectivity index (χ1v) is 25.9. The summed E-state index contributed by atoms with van der Waals surface area (Å²) in [5.74, 6) is 2.04. The molecule has 0 N–H and O–H groups in total. The molecule has 4 fully saturated rings. The summed E-state index contributed by atoms with van der Waals surface area (Å²) >= 11 is 0. The van der Waals surface area contributed by atoms with Gasteiger partial charge in [-0.2, -0.15) is 9.13 Å². The third-order valence-corrected chi connectivity index (χ3v) is 14.2. The van der Waals surface area contributed by atoms with Gasteiger partial charge < -0.3 is 36.4 Å². The van der Waals surface area contributed by atoms with Gasteiger partial charge in [-0.25, -0.2) is 9.13 Å².